The molecule has 21 heavy (non-hydrogen) atoms. The summed E-state index contributed by atoms with van der Waals surface area (Å²) in [5.74, 6) is 0. The van der Waals surface area contributed by atoms with E-state index in [0.717, 1.165) is 30.8 Å². The molecular formula is C17H16N4. The van der Waals surface area contributed by atoms with Gasteiger partial charge in [0.05, 0.1) is 23.9 Å². The Hall–Kier alpha value is -2.46. The van der Waals surface area contributed by atoms with Gasteiger partial charge < -0.3 is 5.32 Å². The van der Waals surface area contributed by atoms with Gasteiger partial charge in [0.2, 0.25) is 0 Å². The summed E-state index contributed by atoms with van der Waals surface area (Å²) in [5.41, 5.74) is 6.19. The molecule has 4 rings (SSSR count). The van der Waals surface area contributed by atoms with Crippen molar-refractivity contribution in [2.75, 3.05) is 6.54 Å². The van der Waals surface area contributed by atoms with Crippen LogP contribution in [0.5, 0.6) is 0 Å². The third-order valence-electron chi connectivity index (χ3n) is 3.97. The Bertz CT molecular complexity index is 761. The maximum absolute atomic E-state index is 4.34. The largest absolute Gasteiger partial charge is 0.312 e. The van der Waals surface area contributed by atoms with Crippen LogP contribution in [0.2, 0.25) is 0 Å². The number of nitrogens with zero attached hydrogens (tertiary/aromatic N) is 3. The van der Waals surface area contributed by atoms with Crippen LogP contribution < -0.4 is 5.32 Å². The van der Waals surface area contributed by atoms with E-state index < -0.39 is 0 Å². The molecule has 1 aliphatic rings. The molecule has 0 unspecified atom stereocenters. The van der Waals surface area contributed by atoms with Gasteiger partial charge in [0.25, 0.3) is 0 Å². The minimum Gasteiger partial charge on any atom is -0.312 e. The van der Waals surface area contributed by atoms with Crippen molar-refractivity contribution >= 4 is 0 Å². The Morgan fingerprint density at radius 3 is 2.95 bits per heavy atom. The molecule has 0 spiro atoms. The normalized spacial score (nSPS) is 13.9. The minimum atomic E-state index is 0.945. The number of benzene rings is 1. The first-order chi connectivity index (χ1) is 10.4. The van der Waals surface area contributed by atoms with Crippen LogP contribution in [0.1, 0.15) is 11.1 Å². The standard InChI is InChI=1S/C17H16N4/c1-3-13-9-19-8-6-15(13)16(5-1)21-12-20-11-17(21)14-4-2-7-18-10-14/h1-5,7,10-12,19H,6,8-9H2. The highest BCUT2D eigenvalue weighted by Crippen LogP contribution is 2.27. The summed E-state index contributed by atoms with van der Waals surface area (Å²) in [7, 11) is 0. The summed E-state index contributed by atoms with van der Waals surface area (Å²) >= 11 is 0. The molecule has 4 nitrogen and oxygen atoms in total. The molecule has 104 valence electrons. The van der Waals surface area contributed by atoms with Crippen molar-refractivity contribution in [3.63, 3.8) is 0 Å². The molecule has 0 amide bonds. The van der Waals surface area contributed by atoms with E-state index in [9.17, 15) is 0 Å². The maximum Gasteiger partial charge on any atom is 0.0997 e. The van der Waals surface area contributed by atoms with Crippen LogP contribution in [-0.2, 0) is 13.0 Å². The zero-order valence-corrected chi connectivity index (χ0v) is 11.7. The highest BCUT2D eigenvalue weighted by molar-refractivity contribution is 5.62. The summed E-state index contributed by atoms with van der Waals surface area (Å²) in [6, 6.07) is 10.5. The number of imidazole rings is 1. The highest BCUT2D eigenvalue weighted by Gasteiger charge is 2.15. The molecule has 0 fully saturated rings. The van der Waals surface area contributed by atoms with E-state index in [-0.39, 0.29) is 0 Å². The second-order valence-corrected chi connectivity index (χ2v) is 5.23. The van der Waals surface area contributed by atoms with Crippen molar-refractivity contribution < 1.29 is 0 Å². The van der Waals surface area contributed by atoms with Crippen molar-refractivity contribution in [2.24, 2.45) is 0 Å². The lowest BCUT2D eigenvalue weighted by molar-refractivity contribution is 0.641. The topological polar surface area (TPSA) is 42.7 Å². The molecule has 4 heteroatoms. The van der Waals surface area contributed by atoms with E-state index >= 15 is 0 Å². The van der Waals surface area contributed by atoms with Gasteiger partial charge in [-0.05, 0) is 42.3 Å². The molecule has 0 atom stereocenters. The number of hydrogen-bond acceptors (Lipinski definition) is 3. The Balaban J connectivity index is 1.88. The molecule has 3 heterocycles. The molecular weight excluding hydrogens is 260 g/mol. The Kier molecular flexibility index (Phi) is 3.01. The summed E-state index contributed by atoms with van der Waals surface area (Å²) in [5, 5.41) is 3.42. The lowest BCUT2D eigenvalue weighted by Gasteiger charge is -2.21. The minimum absolute atomic E-state index is 0.945. The van der Waals surface area contributed by atoms with Crippen LogP contribution in [0.3, 0.4) is 0 Å². The zero-order chi connectivity index (χ0) is 14.1. The second kappa shape index (κ2) is 5.14. The van der Waals surface area contributed by atoms with E-state index in [1.807, 2.05) is 24.8 Å². The van der Waals surface area contributed by atoms with Crippen molar-refractivity contribution in [3.05, 3.63) is 66.4 Å². The van der Waals surface area contributed by atoms with Gasteiger partial charge in [0.1, 0.15) is 0 Å². The fourth-order valence-corrected chi connectivity index (χ4v) is 2.95. The van der Waals surface area contributed by atoms with Gasteiger partial charge in [-0.2, -0.15) is 0 Å². The average molecular weight is 276 g/mol. The van der Waals surface area contributed by atoms with E-state index in [2.05, 4.69) is 44.1 Å². The predicted octanol–water partition coefficient (Wildman–Crippen LogP) is 2.58. The van der Waals surface area contributed by atoms with Gasteiger partial charge in [0.15, 0.2) is 0 Å². The first kappa shape index (κ1) is 12.3. The number of aromatic nitrogens is 3. The highest BCUT2D eigenvalue weighted by atomic mass is 15.1. The fraction of sp³-hybridized carbons (Fsp3) is 0.176. The molecule has 1 aliphatic heterocycles. The van der Waals surface area contributed by atoms with Crippen LogP contribution >= 0.6 is 0 Å². The van der Waals surface area contributed by atoms with Crippen LogP contribution in [-0.4, -0.2) is 21.1 Å². The molecule has 0 saturated carbocycles. The number of fused-ring (bicyclic) bond motifs is 1. The van der Waals surface area contributed by atoms with Crippen LogP contribution in [0.4, 0.5) is 0 Å². The molecule has 3 aromatic rings. The number of pyridine rings is 1. The lowest BCUT2D eigenvalue weighted by atomic mass is 9.98. The second-order valence-electron chi connectivity index (χ2n) is 5.23. The number of hydrogen-bond donors (Lipinski definition) is 1. The van der Waals surface area contributed by atoms with Crippen molar-refractivity contribution in [1.82, 2.24) is 19.9 Å². The number of nitrogens with one attached hydrogen (secondary N) is 1. The predicted molar refractivity (Wildman–Crippen MR) is 82.2 cm³/mol. The van der Waals surface area contributed by atoms with Crippen LogP contribution in [0, 0.1) is 0 Å². The molecule has 1 aromatic carbocycles. The molecule has 2 aromatic heterocycles. The maximum atomic E-state index is 4.34. The van der Waals surface area contributed by atoms with Crippen molar-refractivity contribution in [1.29, 1.82) is 0 Å². The molecule has 0 saturated heterocycles. The van der Waals surface area contributed by atoms with Crippen molar-refractivity contribution in [2.45, 2.75) is 13.0 Å². The van der Waals surface area contributed by atoms with Gasteiger partial charge in [-0.25, -0.2) is 4.98 Å². The molecule has 1 N–H and O–H groups in total. The van der Waals surface area contributed by atoms with Crippen LogP contribution in [0.25, 0.3) is 16.9 Å². The third kappa shape index (κ3) is 2.14. The Morgan fingerprint density at radius 2 is 2.05 bits per heavy atom. The molecule has 0 bridgehead atoms. The monoisotopic (exact) mass is 276 g/mol. The average Bonchev–Trinajstić information content (AvgIpc) is 3.04. The van der Waals surface area contributed by atoms with Gasteiger partial charge in [-0.15, -0.1) is 0 Å². The number of rotatable bonds is 2. The smallest absolute Gasteiger partial charge is 0.0997 e. The first-order valence-electron chi connectivity index (χ1n) is 7.18. The quantitative estimate of drug-likeness (QED) is 0.782. The summed E-state index contributed by atoms with van der Waals surface area (Å²) in [6.45, 7) is 1.97. The molecule has 0 radical (unpaired) electrons. The van der Waals surface area contributed by atoms with Gasteiger partial charge >= 0.3 is 0 Å². The van der Waals surface area contributed by atoms with E-state index in [4.69, 9.17) is 0 Å². The summed E-state index contributed by atoms with van der Waals surface area (Å²) < 4.78 is 2.17. The summed E-state index contributed by atoms with van der Waals surface area (Å²) in [4.78, 5) is 8.56. The fourth-order valence-electron chi connectivity index (χ4n) is 2.95. The van der Waals surface area contributed by atoms with Crippen LogP contribution in [0.15, 0.2) is 55.2 Å². The van der Waals surface area contributed by atoms with Crippen molar-refractivity contribution in [3.8, 4) is 16.9 Å². The lowest BCUT2D eigenvalue weighted by Crippen LogP contribution is -2.24. The Labute approximate surface area is 123 Å². The SMILES string of the molecule is c1cncc(-c2cncn2-c2cccc3c2CCNC3)c1. The van der Waals surface area contributed by atoms with Gasteiger partial charge in [-0.1, -0.05) is 12.1 Å². The van der Waals surface area contributed by atoms with E-state index in [1.54, 1.807) is 6.20 Å². The van der Waals surface area contributed by atoms with Gasteiger partial charge in [0, 0.05) is 24.5 Å². The summed E-state index contributed by atoms with van der Waals surface area (Å²) in [6.07, 6.45) is 8.51. The zero-order valence-electron chi connectivity index (χ0n) is 11.7. The van der Waals surface area contributed by atoms with Gasteiger partial charge in [-0.3, -0.25) is 9.55 Å². The molecule has 0 aliphatic carbocycles. The Morgan fingerprint density at radius 1 is 1.05 bits per heavy atom. The van der Waals surface area contributed by atoms with E-state index in [1.165, 1.54) is 16.8 Å². The van der Waals surface area contributed by atoms with E-state index in [0.29, 0.717) is 0 Å². The third-order valence-corrected chi connectivity index (χ3v) is 3.97. The first-order valence-corrected chi connectivity index (χ1v) is 7.18.